The van der Waals surface area contributed by atoms with E-state index in [9.17, 15) is 0 Å². The highest BCUT2D eigenvalue weighted by molar-refractivity contribution is 5.37. The highest BCUT2D eigenvalue weighted by Gasteiger charge is 2.18. The van der Waals surface area contributed by atoms with Crippen molar-refractivity contribution in [2.75, 3.05) is 20.2 Å². The Balaban J connectivity index is 1.98. The quantitative estimate of drug-likeness (QED) is 0.829. The average Bonchev–Trinajstić information content (AvgIpc) is 2.50. The lowest BCUT2D eigenvalue weighted by molar-refractivity contribution is 0.152. The number of ether oxygens (including phenoxy) is 1. The molecular weight excluding hydrogens is 272 g/mol. The van der Waals surface area contributed by atoms with Crippen LogP contribution in [0.1, 0.15) is 51.2 Å². The molecule has 0 saturated carbocycles. The molecule has 3 nitrogen and oxygen atoms in total. The topological polar surface area (TPSA) is 24.5 Å². The summed E-state index contributed by atoms with van der Waals surface area (Å²) in [5, 5.41) is 3.49. The Kier molecular flexibility index (Phi) is 6.71. The number of nitrogens with one attached hydrogen (secondary N) is 1. The van der Waals surface area contributed by atoms with Gasteiger partial charge >= 0.3 is 0 Å². The molecule has 1 saturated heterocycles. The molecule has 3 heteroatoms. The Morgan fingerprint density at radius 2 is 2.14 bits per heavy atom. The SMILES string of the molecule is COc1cc(CN2CCCCC2C)ccc1CNCC(C)C. The van der Waals surface area contributed by atoms with Crippen molar-refractivity contribution in [3.05, 3.63) is 29.3 Å². The minimum absolute atomic E-state index is 0.672. The van der Waals surface area contributed by atoms with Crippen molar-refractivity contribution in [1.29, 1.82) is 0 Å². The zero-order chi connectivity index (χ0) is 15.9. The third kappa shape index (κ3) is 4.99. The second kappa shape index (κ2) is 8.54. The van der Waals surface area contributed by atoms with Crippen LogP contribution >= 0.6 is 0 Å². The molecule has 1 aromatic rings. The molecule has 0 aromatic heterocycles. The van der Waals surface area contributed by atoms with Gasteiger partial charge in [0.05, 0.1) is 7.11 Å². The van der Waals surface area contributed by atoms with Gasteiger partial charge in [0, 0.05) is 24.7 Å². The van der Waals surface area contributed by atoms with E-state index < -0.39 is 0 Å². The molecule has 0 aliphatic carbocycles. The minimum Gasteiger partial charge on any atom is -0.496 e. The van der Waals surface area contributed by atoms with Gasteiger partial charge in [0.25, 0.3) is 0 Å². The molecule has 1 atom stereocenters. The Bertz CT molecular complexity index is 459. The van der Waals surface area contributed by atoms with Crippen molar-refractivity contribution < 1.29 is 4.74 Å². The van der Waals surface area contributed by atoms with Gasteiger partial charge < -0.3 is 10.1 Å². The summed E-state index contributed by atoms with van der Waals surface area (Å²) in [6.07, 6.45) is 4.04. The van der Waals surface area contributed by atoms with Gasteiger partial charge in [0.2, 0.25) is 0 Å². The molecule has 2 rings (SSSR count). The van der Waals surface area contributed by atoms with E-state index in [4.69, 9.17) is 4.74 Å². The minimum atomic E-state index is 0.672. The van der Waals surface area contributed by atoms with Crippen LogP contribution < -0.4 is 10.1 Å². The molecule has 0 bridgehead atoms. The maximum Gasteiger partial charge on any atom is 0.123 e. The monoisotopic (exact) mass is 304 g/mol. The predicted molar refractivity (Wildman–Crippen MR) is 93.3 cm³/mol. The van der Waals surface area contributed by atoms with Gasteiger partial charge in [-0.2, -0.15) is 0 Å². The summed E-state index contributed by atoms with van der Waals surface area (Å²) in [5.74, 6) is 1.68. The van der Waals surface area contributed by atoms with Crippen molar-refractivity contribution in [3.8, 4) is 5.75 Å². The predicted octanol–water partition coefficient (Wildman–Crippen LogP) is 3.82. The van der Waals surface area contributed by atoms with Gasteiger partial charge in [-0.3, -0.25) is 4.90 Å². The van der Waals surface area contributed by atoms with E-state index >= 15 is 0 Å². The highest BCUT2D eigenvalue weighted by atomic mass is 16.5. The summed E-state index contributed by atoms with van der Waals surface area (Å²) in [6.45, 7) is 11.0. The number of hydrogen-bond acceptors (Lipinski definition) is 3. The fraction of sp³-hybridized carbons (Fsp3) is 0.684. The molecule has 1 fully saturated rings. The summed E-state index contributed by atoms with van der Waals surface area (Å²) in [5.41, 5.74) is 2.61. The third-order valence-corrected chi connectivity index (χ3v) is 4.55. The largest absolute Gasteiger partial charge is 0.496 e. The van der Waals surface area contributed by atoms with Crippen LogP contribution in [0.2, 0.25) is 0 Å². The van der Waals surface area contributed by atoms with Gasteiger partial charge in [0.15, 0.2) is 0 Å². The van der Waals surface area contributed by atoms with E-state index in [1.807, 2.05) is 0 Å². The highest BCUT2D eigenvalue weighted by Crippen LogP contribution is 2.24. The number of likely N-dealkylation sites (tertiary alicyclic amines) is 1. The van der Waals surface area contributed by atoms with E-state index in [1.165, 1.54) is 36.9 Å². The standard InChI is InChI=1S/C19H32N2O/c1-15(2)12-20-13-18-9-8-17(11-19(18)22-4)14-21-10-6-5-7-16(21)3/h8-9,11,15-16,20H,5-7,10,12-14H2,1-4H3. The van der Waals surface area contributed by atoms with Gasteiger partial charge in [0.1, 0.15) is 5.75 Å². The summed E-state index contributed by atoms with van der Waals surface area (Å²) in [4.78, 5) is 2.59. The molecular formula is C19H32N2O. The van der Waals surface area contributed by atoms with E-state index in [0.29, 0.717) is 12.0 Å². The van der Waals surface area contributed by atoms with Crippen LogP contribution in [0.3, 0.4) is 0 Å². The number of methoxy groups -OCH3 is 1. The lowest BCUT2D eigenvalue weighted by atomic mass is 10.0. The lowest BCUT2D eigenvalue weighted by Crippen LogP contribution is -2.36. The van der Waals surface area contributed by atoms with Crippen LogP contribution in [0.15, 0.2) is 18.2 Å². The molecule has 0 radical (unpaired) electrons. The number of nitrogens with zero attached hydrogens (tertiary/aromatic N) is 1. The molecule has 1 heterocycles. The van der Waals surface area contributed by atoms with Crippen LogP contribution in [-0.4, -0.2) is 31.1 Å². The number of hydrogen-bond donors (Lipinski definition) is 1. The summed E-state index contributed by atoms with van der Waals surface area (Å²) in [7, 11) is 1.77. The molecule has 0 spiro atoms. The van der Waals surface area contributed by atoms with E-state index in [1.54, 1.807) is 7.11 Å². The second-order valence-electron chi connectivity index (χ2n) is 6.99. The van der Waals surface area contributed by atoms with Crippen molar-refractivity contribution >= 4 is 0 Å². The molecule has 1 N–H and O–H groups in total. The molecule has 1 aliphatic heterocycles. The third-order valence-electron chi connectivity index (χ3n) is 4.55. The Hall–Kier alpha value is -1.06. The first-order valence-corrected chi connectivity index (χ1v) is 8.70. The van der Waals surface area contributed by atoms with Crippen LogP contribution in [0.4, 0.5) is 0 Å². The Morgan fingerprint density at radius 1 is 1.32 bits per heavy atom. The average molecular weight is 304 g/mol. The van der Waals surface area contributed by atoms with E-state index in [0.717, 1.165) is 25.4 Å². The Morgan fingerprint density at radius 3 is 2.82 bits per heavy atom. The molecule has 1 aliphatic rings. The summed E-state index contributed by atoms with van der Waals surface area (Å²) in [6, 6.07) is 7.40. The first-order chi connectivity index (χ1) is 10.6. The van der Waals surface area contributed by atoms with Gasteiger partial charge in [-0.25, -0.2) is 0 Å². The molecule has 22 heavy (non-hydrogen) atoms. The first kappa shape index (κ1) is 17.3. The van der Waals surface area contributed by atoms with Crippen molar-refractivity contribution in [3.63, 3.8) is 0 Å². The van der Waals surface area contributed by atoms with E-state index in [-0.39, 0.29) is 0 Å². The molecule has 1 unspecified atom stereocenters. The zero-order valence-electron chi connectivity index (χ0n) is 14.7. The van der Waals surface area contributed by atoms with Crippen molar-refractivity contribution in [1.82, 2.24) is 10.2 Å². The molecule has 1 aromatic carbocycles. The van der Waals surface area contributed by atoms with E-state index in [2.05, 4.69) is 49.2 Å². The van der Waals surface area contributed by atoms with Crippen LogP contribution in [0, 0.1) is 5.92 Å². The normalized spacial score (nSPS) is 19.6. The van der Waals surface area contributed by atoms with Crippen molar-refractivity contribution in [2.45, 2.75) is 59.2 Å². The number of benzene rings is 1. The maximum atomic E-state index is 5.60. The second-order valence-corrected chi connectivity index (χ2v) is 6.99. The smallest absolute Gasteiger partial charge is 0.123 e. The van der Waals surface area contributed by atoms with Gasteiger partial charge in [-0.15, -0.1) is 0 Å². The van der Waals surface area contributed by atoms with Gasteiger partial charge in [-0.05, 0) is 50.4 Å². The fourth-order valence-corrected chi connectivity index (χ4v) is 3.16. The van der Waals surface area contributed by atoms with Crippen LogP contribution in [0.25, 0.3) is 0 Å². The molecule has 0 amide bonds. The lowest BCUT2D eigenvalue weighted by Gasteiger charge is -2.33. The number of piperidine rings is 1. The summed E-state index contributed by atoms with van der Waals surface area (Å²) < 4.78 is 5.60. The summed E-state index contributed by atoms with van der Waals surface area (Å²) >= 11 is 0. The van der Waals surface area contributed by atoms with Crippen LogP contribution in [-0.2, 0) is 13.1 Å². The van der Waals surface area contributed by atoms with Gasteiger partial charge in [-0.1, -0.05) is 32.4 Å². The van der Waals surface area contributed by atoms with Crippen LogP contribution in [0.5, 0.6) is 5.75 Å². The maximum absolute atomic E-state index is 5.60. The first-order valence-electron chi connectivity index (χ1n) is 8.70. The Labute approximate surface area is 136 Å². The molecule has 124 valence electrons. The zero-order valence-corrected chi connectivity index (χ0v) is 14.7. The van der Waals surface area contributed by atoms with Crippen molar-refractivity contribution in [2.24, 2.45) is 5.92 Å². The number of rotatable bonds is 7. The fourth-order valence-electron chi connectivity index (χ4n) is 3.16.